The SMILES string of the molecule is CC(C)[C@H](NC(=O)c1ccccc1F)C(=O)Oc1ccc2ccc(=O)oc2c1. The van der Waals surface area contributed by atoms with Crippen molar-refractivity contribution < 1.29 is 23.1 Å². The van der Waals surface area contributed by atoms with Crippen LogP contribution in [0.1, 0.15) is 24.2 Å². The minimum Gasteiger partial charge on any atom is -0.425 e. The van der Waals surface area contributed by atoms with Gasteiger partial charge in [0.05, 0.1) is 5.56 Å². The van der Waals surface area contributed by atoms with Crippen LogP contribution in [0.5, 0.6) is 5.75 Å². The van der Waals surface area contributed by atoms with Gasteiger partial charge < -0.3 is 14.5 Å². The summed E-state index contributed by atoms with van der Waals surface area (Å²) in [5, 5.41) is 3.19. The van der Waals surface area contributed by atoms with Gasteiger partial charge in [0.2, 0.25) is 0 Å². The molecule has 0 aliphatic heterocycles. The maximum Gasteiger partial charge on any atom is 0.336 e. The van der Waals surface area contributed by atoms with Crippen molar-refractivity contribution in [2.75, 3.05) is 0 Å². The Kier molecular flexibility index (Phi) is 5.54. The Labute approximate surface area is 159 Å². The van der Waals surface area contributed by atoms with Gasteiger partial charge >= 0.3 is 11.6 Å². The summed E-state index contributed by atoms with van der Waals surface area (Å²) in [6.45, 7) is 3.46. The number of ether oxygens (including phenoxy) is 1. The van der Waals surface area contributed by atoms with Crippen molar-refractivity contribution >= 4 is 22.8 Å². The van der Waals surface area contributed by atoms with Gasteiger partial charge in [0, 0.05) is 17.5 Å². The molecule has 0 radical (unpaired) electrons. The standard InChI is InChI=1S/C21H18FNO5/c1-12(2)19(23-20(25)15-5-3-4-6-16(15)22)21(26)27-14-9-7-13-8-10-18(24)28-17(13)11-14/h3-12,19H,1-2H3,(H,23,25)/t19-/m0/s1. The third-order valence-electron chi connectivity index (χ3n) is 4.14. The number of benzene rings is 2. The number of fused-ring (bicyclic) bond motifs is 1. The minimum atomic E-state index is -0.995. The average Bonchev–Trinajstić information content (AvgIpc) is 2.65. The summed E-state index contributed by atoms with van der Waals surface area (Å²) in [4.78, 5) is 36.3. The van der Waals surface area contributed by atoms with E-state index < -0.39 is 29.4 Å². The van der Waals surface area contributed by atoms with E-state index in [0.29, 0.717) is 5.39 Å². The molecule has 6 nitrogen and oxygen atoms in total. The van der Waals surface area contributed by atoms with Crippen LogP contribution in [0.25, 0.3) is 11.0 Å². The zero-order valence-electron chi connectivity index (χ0n) is 15.3. The van der Waals surface area contributed by atoms with Gasteiger partial charge in [-0.3, -0.25) is 4.79 Å². The molecule has 1 heterocycles. The van der Waals surface area contributed by atoms with Crippen molar-refractivity contribution in [1.82, 2.24) is 5.32 Å². The smallest absolute Gasteiger partial charge is 0.336 e. The quantitative estimate of drug-likeness (QED) is 0.415. The fraction of sp³-hybridized carbons (Fsp3) is 0.190. The number of rotatable bonds is 5. The first-order valence-electron chi connectivity index (χ1n) is 8.66. The van der Waals surface area contributed by atoms with Crippen LogP contribution in [0.4, 0.5) is 4.39 Å². The Morgan fingerprint density at radius 1 is 1.07 bits per heavy atom. The Morgan fingerprint density at radius 2 is 1.79 bits per heavy atom. The van der Waals surface area contributed by atoms with Crippen molar-refractivity contribution in [1.29, 1.82) is 0 Å². The molecule has 28 heavy (non-hydrogen) atoms. The Hall–Kier alpha value is -3.48. The molecule has 0 aliphatic carbocycles. The normalized spacial score (nSPS) is 12.0. The molecule has 0 fully saturated rings. The number of carbonyl (C=O) groups excluding carboxylic acids is 2. The van der Waals surface area contributed by atoms with Gasteiger partial charge in [0.15, 0.2) is 0 Å². The molecule has 144 valence electrons. The summed E-state index contributed by atoms with van der Waals surface area (Å²) < 4.78 is 24.2. The monoisotopic (exact) mass is 383 g/mol. The van der Waals surface area contributed by atoms with E-state index in [-0.39, 0.29) is 22.8 Å². The Morgan fingerprint density at radius 3 is 2.50 bits per heavy atom. The summed E-state index contributed by atoms with van der Waals surface area (Å²) in [5.41, 5.74) is -0.407. The maximum atomic E-state index is 13.8. The van der Waals surface area contributed by atoms with E-state index in [1.165, 1.54) is 36.4 Å². The zero-order chi connectivity index (χ0) is 20.3. The Bertz CT molecular complexity index is 1090. The van der Waals surface area contributed by atoms with Crippen molar-refractivity contribution in [2.45, 2.75) is 19.9 Å². The molecule has 0 spiro atoms. The van der Waals surface area contributed by atoms with Crippen LogP contribution >= 0.6 is 0 Å². The van der Waals surface area contributed by atoms with Crippen LogP contribution in [0.2, 0.25) is 0 Å². The zero-order valence-corrected chi connectivity index (χ0v) is 15.3. The van der Waals surface area contributed by atoms with Gasteiger partial charge in [0.25, 0.3) is 5.91 Å². The van der Waals surface area contributed by atoms with E-state index in [0.717, 1.165) is 0 Å². The lowest BCUT2D eigenvalue weighted by molar-refractivity contribution is -0.137. The molecule has 1 aromatic heterocycles. The van der Waals surface area contributed by atoms with Crippen LogP contribution in [0.15, 0.2) is 63.8 Å². The number of amides is 1. The number of nitrogens with one attached hydrogen (secondary N) is 1. The van der Waals surface area contributed by atoms with Crippen molar-refractivity contribution in [3.05, 3.63) is 76.4 Å². The minimum absolute atomic E-state index is 0.159. The fourth-order valence-corrected chi connectivity index (χ4v) is 2.65. The van der Waals surface area contributed by atoms with E-state index in [9.17, 15) is 18.8 Å². The molecule has 0 bridgehead atoms. The molecule has 3 aromatic rings. The summed E-state index contributed by atoms with van der Waals surface area (Å²) in [6.07, 6.45) is 0. The molecule has 0 aliphatic rings. The molecule has 1 amide bonds. The molecular weight excluding hydrogens is 365 g/mol. The highest BCUT2D eigenvalue weighted by atomic mass is 19.1. The first-order chi connectivity index (χ1) is 13.3. The van der Waals surface area contributed by atoms with E-state index in [4.69, 9.17) is 9.15 Å². The number of hydrogen-bond donors (Lipinski definition) is 1. The van der Waals surface area contributed by atoms with Crippen LogP contribution < -0.4 is 15.7 Å². The molecule has 0 saturated heterocycles. The van der Waals surface area contributed by atoms with Gasteiger partial charge in [-0.2, -0.15) is 0 Å². The van der Waals surface area contributed by atoms with Crippen LogP contribution in [0, 0.1) is 11.7 Å². The van der Waals surface area contributed by atoms with Gasteiger partial charge in [-0.15, -0.1) is 0 Å². The van der Waals surface area contributed by atoms with E-state index in [2.05, 4.69) is 5.32 Å². The summed E-state index contributed by atoms with van der Waals surface area (Å²) in [6, 6.07) is 12.0. The average molecular weight is 383 g/mol. The second-order valence-corrected chi connectivity index (χ2v) is 6.55. The van der Waals surface area contributed by atoms with Gasteiger partial charge in [0.1, 0.15) is 23.2 Å². The highest BCUT2D eigenvalue weighted by Gasteiger charge is 2.27. The second-order valence-electron chi connectivity index (χ2n) is 6.55. The van der Waals surface area contributed by atoms with Crippen LogP contribution in [-0.2, 0) is 4.79 Å². The van der Waals surface area contributed by atoms with E-state index in [1.807, 2.05) is 0 Å². The largest absolute Gasteiger partial charge is 0.425 e. The molecule has 1 N–H and O–H groups in total. The molecular formula is C21H18FNO5. The fourth-order valence-electron chi connectivity index (χ4n) is 2.65. The number of esters is 1. The molecule has 3 rings (SSSR count). The summed E-state index contributed by atoms with van der Waals surface area (Å²) >= 11 is 0. The third kappa shape index (κ3) is 4.25. The lowest BCUT2D eigenvalue weighted by Crippen LogP contribution is -2.46. The highest BCUT2D eigenvalue weighted by Crippen LogP contribution is 2.20. The highest BCUT2D eigenvalue weighted by molar-refractivity contribution is 5.97. The van der Waals surface area contributed by atoms with Gasteiger partial charge in [-0.1, -0.05) is 26.0 Å². The molecule has 2 aromatic carbocycles. The summed E-state index contributed by atoms with van der Waals surface area (Å²) in [7, 11) is 0. The molecule has 0 unspecified atom stereocenters. The van der Waals surface area contributed by atoms with Gasteiger partial charge in [-0.05, 0) is 36.2 Å². The van der Waals surface area contributed by atoms with Gasteiger partial charge in [-0.25, -0.2) is 14.0 Å². The molecule has 1 atom stereocenters. The topological polar surface area (TPSA) is 85.6 Å². The number of carbonyl (C=O) groups is 2. The van der Waals surface area contributed by atoms with E-state index in [1.54, 1.807) is 32.0 Å². The number of hydrogen-bond acceptors (Lipinski definition) is 5. The van der Waals surface area contributed by atoms with Crippen LogP contribution in [0.3, 0.4) is 0 Å². The molecule has 7 heteroatoms. The predicted molar refractivity (Wildman–Crippen MR) is 101 cm³/mol. The first-order valence-corrected chi connectivity index (χ1v) is 8.66. The van der Waals surface area contributed by atoms with E-state index >= 15 is 0 Å². The lowest BCUT2D eigenvalue weighted by Gasteiger charge is -2.21. The van der Waals surface area contributed by atoms with Crippen molar-refractivity contribution in [3.8, 4) is 5.75 Å². The third-order valence-corrected chi connectivity index (χ3v) is 4.14. The Balaban J connectivity index is 1.79. The lowest BCUT2D eigenvalue weighted by atomic mass is 10.0. The van der Waals surface area contributed by atoms with Crippen molar-refractivity contribution in [2.24, 2.45) is 5.92 Å². The first kappa shape index (κ1) is 19.3. The maximum absolute atomic E-state index is 13.8. The second kappa shape index (κ2) is 8.04. The predicted octanol–water partition coefficient (Wildman–Crippen LogP) is 3.29. The molecule has 0 saturated carbocycles. The number of halogens is 1. The van der Waals surface area contributed by atoms with Crippen molar-refractivity contribution in [3.63, 3.8) is 0 Å². The van der Waals surface area contributed by atoms with Crippen LogP contribution in [-0.4, -0.2) is 17.9 Å². The summed E-state index contributed by atoms with van der Waals surface area (Å²) in [5.74, 6) is -2.24.